The molecule has 0 bridgehead atoms. The maximum atomic E-state index is 5.82. The highest BCUT2D eigenvalue weighted by Crippen LogP contribution is 2.31. The number of methoxy groups -OCH3 is 1. The van der Waals surface area contributed by atoms with Crippen LogP contribution in [0.15, 0.2) is 38.5 Å². The first-order chi connectivity index (χ1) is 9.76. The lowest BCUT2D eigenvalue weighted by Crippen LogP contribution is -2.06. The van der Waals surface area contributed by atoms with E-state index >= 15 is 0 Å². The number of nitrogens with zero attached hydrogens (tertiary/aromatic N) is 1. The van der Waals surface area contributed by atoms with Gasteiger partial charge in [0.1, 0.15) is 11.3 Å². The van der Waals surface area contributed by atoms with Gasteiger partial charge in [-0.2, -0.15) is 0 Å². The summed E-state index contributed by atoms with van der Waals surface area (Å²) in [4.78, 5) is 4.52. The Bertz CT molecular complexity index is 723. The summed E-state index contributed by atoms with van der Waals surface area (Å²) in [7, 11) is 1.68. The number of anilines is 1. The smallest absolute Gasteiger partial charge is 0.183 e. The summed E-state index contributed by atoms with van der Waals surface area (Å²) in [5.74, 6) is 0.786. The number of hydrogen-bond acceptors (Lipinski definition) is 5. The SMILES string of the molecule is COCCNc1nc(-c2cc3cc(Br)ccc3o2)cs1. The number of thiazole rings is 1. The van der Waals surface area contributed by atoms with Gasteiger partial charge in [0, 0.05) is 28.9 Å². The molecular formula is C14H13BrN2O2S. The second kappa shape index (κ2) is 5.95. The van der Waals surface area contributed by atoms with Gasteiger partial charge >= 0.3 is 0 Å². The third kappa shape index (κ3) is 2.87. The van der Waals surface area contributed by atoms with E-state index in [0.717, 1.165) is 38.6 Å². The minimum absolute atomic E-state index is 0.660. The van der Waals surface area contributed by atoms with E-state index < -0.39 is 0 Å². The molecule has 0 fully saturated rings. The van der Waals surface area contributed by atoms with Crippen LogP contribution in [0.1, 0.15) is 0 Å². The van der Waals surface area contributed by atoms with Crippen LogP contribution in [-0.4, -0.2) is 25.2 Å². The van der Waals surface area contributed by atoms with Crippen molar-refractivity contribution in [1.82, 2.24) is 4.98 Å². The van der Waals surface area contributed by atoms with Gasteiger partial charge in [-0.25, -0.2) is 4.98 Å². The molecule has 4 nitrogen and oxygen atoms in total. The number of halogens is 1. The van der Waals surface area contributed by atoms with E-state index in [2.05, 4.69) is 26.2 Å². The van der Waals surface area contributed by atoms with Gasteiger partial charge in [0.2, 0.25) is 0 Å². The molecular weight excluding hydrogens is 340 g/mol. The molecule has 20 heavy (non-hydrogen) atoms. The van der Waals surface area contributed by atoms with Crippen molar-refractivity contribution >= 4 is 43.4 Å². The van der Waals surface area contributed by atoms with Crippen molar-refractivity contribution < 1.29 is 9.15 Å². The Labute approximate surface area is 128 Å². The van der Waals surface area contributed by atoms with Crippen LogP contribution in [0.5, 0.6) is 0 Å². The molecule has 0 aliphatic heterocycles. The number of benzene rings is 1. The number of ether oxygens (including phenoxy) is 1. The normalized spacial score (nSPS) is 11.1. The van der Waals surface area contributed by atoms with Crippen molar-refractivity contribution in [2.75, 3.05) is 25.6 Å². The molecule has 0 amide bonds. The Hall–Kier alpha value is -1.37. The Morgan fingerprint density at radius 2 is 2.30 bits per heavy atom. The van der Waals surface area contributed by atoms with Gasteiger partial charge in [0.25, 0.3) is 0 Å². The van der Waals surface area contributed by atoms with Crippen molar-refractivity contribution in [1.29, 1.82) is 0 Å². The second-order valence-electron chi connectivity index (χ2n) is 4.25. The molecule has 0 atom stereocenters. The second-order valence-corrected chi connectivity index (χ2v) is 6.02. The summed E-state index contributed by atoms with van der Waals surface area (Å²) in [6.45, 7) is 1.41. The molecule has 0 saturated carbocycles. The summed E-state index contributed by atoms with van der Waals surface area (Å²) in [6, 6.07) is 7.96. The quantitative estimate of drug-likeness (QED) is 0.692. The largest absolute Gasteiger partial charge is 0.454 e. The highest BCUT2D eigenvalue weighted by Gasteiger charge is 2.10. The summed E-state index contributed by atoms with van der Waals surface area (Å²) >= 11 is 5.02. The summed E-state index contributed by atoms with van der Waals surface area (Å²) < 4.78 is 11.9. The third-order valence-electron chi connectivity index (χ3n) is 2.82. The van der Waals surface area contributed by atoms with E-state index in [0.29, 0.717) is 6.61 Å². The Morgan fingerprint density at radius 3 is 3.15 bits per heavy atom. The molecule has 0 aliphatic carbocycles. The minimum atomic E-state index is 0.660. The fraction of sp³-hybridized carbons (Fsp3) is 0.214. The molecule has 6 heteroatoms. The van der Waals surface area contributed by atoms with Crippen molar-refractivity contribution in [2.24, 2.45) is 0 Å². The van der Waals surface area contributed by atoms with E-state index in [9.17, 15) is 0 Å². The average Bonchev–Trinajstić information content (AvgIpc) is 3.04. The van der Waals surface area contributed by atoms with Crippen molar-refractivity contribution in [3.8, 4) is 11.5 Å². The first-order valence-electron chi connectivity index (χ1n) is 6.14. The Morgan fingerprint density at radius 1 is 1.40 bits per heavy atom. The number of fused-ring (bicyclic) bond motifs is 1. The molecule has 0 aliphatic rings. The molecule has 0 radical (unpaired) electrons. The van der Waals surface area contributed by atoms with Crippen LogP contribution in [0.2, 0.25) is 0 Å². The Kier molecular flexibility index (Phi) is 4.05. The van der Waals surface area contributed by atoms with Gasteiger partial charge in [-0.3, -0.25) is 0 Å². The summed E-state index contributed by atoms with van der Waals surface area (Å²) in [5, 5.41) is 7.14. The number of furan rings is 1. The fourth-order valence-corrected chi connectivity index (χ4v) is 2.98. The first-order valence-corrected chi connectivity index (χ1v) is 7.81. The lowest BCUT2D eigenvalue weighted by atomic mass is 10.2. The predicted molar refractivity (Wildman–Crippen MR) is 85.4 cm³/mol. The van der Waals surface area contributed by atoms with Crippen molar-refractivity contribution in [3.05, 3.63) is 34.1 Å². The van der Waals surface area contributed by atoms with Crippen LogP contribution >= 0.6 is 27.3 Å². The zero-order chi connectivity index (χ0) is 13.9. The lowest BCUT2D eigenvalue weighted by Gasteiger charge is -1.99. The van der Waals surface area contributed by atoms with Gasteiger partial charge < -0.3 is 14.5 Å². The number of nitrogens with one attached hydrogen (secondary N) is 1. The van der Waals surface area contributed by atoms with Crippen molar-refractivity contribution in [3.63, 3.8) is 0 Å². The summed E-state index contributed by atoms with van der Waals surface area (Å²) in [6.07, 6.45) is 0. The number of rotatable bonds is 5. The van der Waals surface area contributed by atoms with E-state index in [1.54, 1.807) is 18.4 Å². The minimum Gasteiger partial charge on any atom is -0.454 e. The molecule has 104 valence electrons. The third-order valence-corrected chi connectivity index (χ3v) is 4.11. The Balaban J connectivity index is 1.83. The van der Waals surface area contributed by atoms with E-state index in [4.69, 9.17) is 9.15 Å². The molecule has 1 aromatic carbocycles. The fourth-order valence-electron chi connectivity index (χ4n) is 1.87. The molecule has 3 rings (SSSR count). The van der Waals surface area contributed by atoms with Gasteiger partial charge in [-0.15, -0.1) is 11.3 Å². The van der Waals surface area contributed by atoms with Crippen LogP contribution in [0.3, 0.4) is 0 Å². The average molecular weight is 353 g/mol. The molecule has 0 saturated heterocycles. The maximum absolute atomic E-state index is 5.82. The van der Waals surface area contributed by atoms with Gasteiger partial charge in [-0.05, 0) is 24.3 Å². The molecule has 0 unspecified atom stereocenters. The van der Waals surface area contributed by atoms with Crippen LogP contribution < -0.4 is 5.32 Å². The van der Waals surface area contributed by atoms with E-state index in [-0.39, 0.29) is 0 Å². The van der Waals surface area contributed by atoms with Crippen LogP contribution in [0, 0.1) is 0 Å². The highest BCUT2D eigenvalue weighted by atomic mass is 79.9. The van der Waals surface area contributed by atoms with E-state index in [1.807, 2.05) is 29.6 Å². The standard InChI is InChI=1S/C14H13BrN2O2S/c1-18-5-4-16-14-17-11(8-20-14)13-7-9-6-10(15)2-3-12(9)19-13/h2-3,6-8H,4-5H2,1H3,(H,16,17). The topological polar surface area (TPSA) is 47.3 Å². The highest BCUT2D eigenvalue weighted by molar-refractivity contribution is 9.10. The number of hydrogen-bond donors (Lipinski definition) is 1. The van der Waals surface area contributed by atoms with Crippen LogP contribution in [-0.2, 0) is 4.74 Å². The molecule has 2 heterocycles. The zero-order valence-corrected chi connectivity index (χ0v) is 13.3. The molecule has 0 spiro atoms. The van der Waals surface area contributed by atoms with Crippen LogP contribution in [0.4, 0.5) is 5.13 Å². The molecule has 3 aromatic rings. The van der Waals surface area contributed by atoms with Crippen LogP contribution in [0.25, 0.3) is 22.4 Å². The zero-order valence-electron chi connectivity index (χ0n) is 10.9. The maximum Gasteiger partial charge on any atom is 0.183 e. The lowest BCUT2D eigenvalue weighted by molar-refractivity contribution is 0.211. The first kappa shape index (κ1) is 13.6. The molecule has 1 N–H and O–H groups in total. The van der Waals surface area contributed by atoms with Gasteiger partial charge in [0.05, 0.1) is 6.61 Å². The van der Waals surface area contributed by atoms with E-state index in [1.165, 1.54) is 0 Å². The predicted octanol–water partition coefficient (Wildman–Crippen LogP) is 4.38. The number of aromatic nitrogens is 1. The van der Waals surface area contributed by atoms with Crippen molar-refractivity contribution in [2.45, 2.75) is 0 Å². The van der Waals surface area contributed by atoms with Gasteiger partial charge in [0.15, 0.2) is 10.9 Å². The van der Waals surface area contributed by atoms with Gasteiger partial charge in [-0.1, -0.05) is 15.9 Å². The summed E-state index contributed by atoms with van der Waals surface area (Å²) in [5.41, 5.74) is 1.72. The molecule has 2 aromatic heterocycles. The monoisotopic (exact) mass is 352 g/mol.